The highest BCUT2D eigenvalue weighted by Gasteiger charge is 2.37. The lowest BCUT2D eigenvalue weighted by Gasteiger charge is -2.42. The van der Waals surface area contributed by atoms with Gasteiger partial charge >= 0.3 is 0 Å². The fraction of sp³-hybridized carbons (Fsp3) is 0.588. The normalized spacial score (nSPS) is 12.3. The van der Waals surface area contributed by atoms with E-state index in [4.69, 9.17) is 4.74 Å². The van der Waals surface area contributed by atoms with Crippen molar-refractivity contribution < 1.29 is 9.53 Å². The molecule has 0 aliphatic rings. The Morgan fingerprint density at radius 3 is 2.30 bits per heavy atom. The Kier molecular flexibility index (Phi) is 4.98. The average Bonchev–Trinajstić information content (AvgIpc) is 2.37. The summed E-state index contributed by atoms with van der Waals surface area (Å²) < 4.78 is 5.57. The number of hydrogen-bond acceptors (Lipinski definition) is 3. The molecular weight excluding hydrogens is 250 g/mol. The first-order valence-corrected chi connectivity index (χ1v) is 7.10. The van der Waals surface area contributed by atoms with Gasteiger partial charge in [0.05, 0.1) is 11.1 Å². The SMILES string of the molecule is CCc1c(C)cc(NC(C)(C)C(C)(C)OC)cc1C=O. The van der Waals surface area contributed by atoms with Gasteiger partial charge < -0.3 is 10.1 Å². The van der Waals surface area contributed by atoms with E-state index in [-0.39, 0.29) is 11.1 Å². The predicted octanol–water partition coefficient (Wildman–Crippen LogP) is 3.99. The summed E-state index contributed by atoms with van der Waals surface area (Å²) in [5, 5.41) is 3.49. The number of carbonyl (C=O) groups excluding carboxylic acids is 1. The molecule has 0 atom stereocenters. The van der Waals surface area contributed by atoms with Crippen molar-refractivity contribution in [3.63, 3.8) is 0 Å². The van der Waals surface area contributed by atoms with Crippen LogP contribution in [0.3, 0.4) is 0 Å². The first-order valence-electron chi connectivity index (χ1n) is 7.10. The molecule has 112 valence electrons. The Bertz CT molecular complexity index is 490. The molecule has 1 rings (SSSR count). The van der Waals surface area contributed by atoms with E-state index in [2.05, 4.69) is 32.2 Å². The van der Waals surface area contributed by atoms with Crippen LogP contribution in [0.5, 0.6) is 0 Å². The highest BCUT2D eigenvalue weighted by atomic mass is 16.5. The van der Waals surface area contributed by atoms with E-state index >= 15 is 0 Å². The molecule has 0 spiro atoms. The maximum Gasteiger partial charge on any atom is 0.150 e. The van der Waals surface area contributed by atoms with Crippen LogP contribution in [-0.4, -0.2) is 24.5 Å². The molecule has 0 aliphatic heterocycles. The van der Waals surface area contributed by atoms with Crippen molar-refractivity contribution in [2.45, 2.75) is 59.1 Å². The molecule has 1 aromatic rings. The summed E-state index contributed by atoms with van der Waals surface area (Å²) in [5.74, 6) is 0. The minimum atomic E-state index is -0.328. The van der Waals surface area contributed by atoms with Crippen LogP contribution in [0.25, 0.3) is 0 Å². The van der Waals surface area contributed by atoms with Crippen molar-refractivity contribution in [1.82, 2.24) is 0 Å². The van der Waals surface area contributed by atoms with E-state index in [1.165, 1.54) is 0 Å². The number of aryl methyl sites for hydroxylation is 1. The Labute approximate surface area is 122 Å². The van der Waals surface area contributed by atoms with Crippen molar-refractivity contribution in [2.75, 3.05) is 12.4 Å². The maximum atomic E-state index is 11.3. The van der Waals surface area contributed by atoms with E-state index in [0.29, 0.717) is 0 Å². The van der Waals surface area contributed by atoms with E-state index in [0.717, 1.165) is 35.1 Å². The largest absolute Gasteiger partial charge is 0.377 e. The molecule has 0 bridgehead atoms. The lowest BCUT2D eigenvalue weighted by Crippen LogP contribution is -2.52. The molecule has 0 unspecified atom stereocenters. The van der Waals surface area contributed by atoms with Crippen LogP contribution in [0.2, 0.25) is 0 Å². The zero-order valence-corrected chi connectivity index (χ0v) is 13.8. The molecule has 3 nitrogen and oxygen atoms in total. The molecule has 0 aromatic heterocycles. The monoisotopic (exact) mass is 277 g/mol. The summed E-state index contributed by atoms with van der Waals surface area (Å²) in [5.41, 5.74) is 3.39. The van der Waals surface area contributed by atoms with Crippen molar-refractivity contribution in [1.29, 1.82) is 0 Å². The van der Waals surface area contributed by atoms with Crippen molar-refractivity contribution in [3.8, 4) is 0 Å². The number of aldehydes is 1. The third-order valence-electron chi connectivity index (χ3n) is 4.46. The van der Waals surface area contributed by atoms with E-state index in [1.54, 1.807) is 7.11 Å². The van der Waals surface area contributed by atoms with Gasteiger partial charge in [-0.15, -0.1) is 0 Å². The van der Waals surface area contributed by atoms with E-state index < -0.39 is 0 Å². The number of rotatable bonds is 6. The fourth-order valence-corrected chi connectivity index (χ4v) is 2.27. The summed E-state index contributed by atoms with van der Waals surface area (Å²) in [7, 11) is 1.71. The number of ether oxygens (including phenoxy) is 1. The van der Waals surface area contributed by atoms with Gasteiger partial charge in [-0.1, -0.05) is 6.92 Å². The number of nitrogens with one attached hydrogen (secondary N) is 1. The number of hydrogen-bond donors (Lipinski definition) is 1. The molecule has 0 saturated carbocycles. The molecule has 20 heavy (non-hydrogen) atoms. The van der Waals surface area contributed by atoms with Gasteiger partial charge in [-0.2, -0.15) is 0 Å². The second-order valence-corrected chi connectivity index (χ2v) is 6.30. The van der Waals surface area contributed by atoms with Crippen LogP contribution in [0.4, 0.5) is 5.69 Å². The smallest absolute Gasteiger partial charge is 0.150 e. The van der Waals surface area contributed by atoms with E-state index in [1.807, 2.05) is 26.8 Å². The highest BCUT2D eigenvalue weighted by Crippen LogP contribution is 2.30. The minimum absolute atomic E-state index is 0.262. The quantitative estimate of drug-likeness (QED) is 0.799. The maximum absolute atomic E-state index is 11.3. The molecule has 0 heterocycles. The molecule has 3 heteroatoms. The predicted molar refractivity (Wildman–Crippen MR) is 84.7 cm³/mol. The van der Waals surface area contributed by atoms with Gasteiger partial charge in [0.15, 0.2) is 0 Å². The minimum Gasteiger partial charge on any atom is -0.377 e. The van der Waals surface area contributed by atoms with Gasteiger partial charge in [0.25, 0.3) is 0 Å². The van der Waals surface area contributed by atoms with Gasteiger partial charge in [-0.25, -0.2) is 0 Å². The van der Waals surface area contributed by atoms with Crippen molar-refractivity contribution >= 4 is 12.0 Å². The second-order valence-electron chi connectivity index (χ2n) is 6.30. The second kappa shape index (κ2) is 5.96. The Morgan fingerprint density at radius 2 is 1.85 bits per heavy atom. The van der Waals surface area contributed by atoms with Gasteiger partial charge in [-0.05, 0) is 64.3 Å². The summed E-state index contributed by atoms with van der Waals surface area (Å²) >= 11 is 0. The summed E-state index contributed by atoms with van der Waals surface area (Å²) in [6, 6.07) is 4.02. The number of benzene rings is 1. The summed E-state index contributed by atoms with van der Waals surface area (Å²) in [6.07, 6.45) is 1.80. The third kappa shape index (κ3) is 3.21. The van der Waals surface area contributed by atoms with Gasteiger partial charge in [0.1, 0.15) is 6.29 Å². The standard InChI is InChI=1S/C17H27NO2/c1-8-15-12(2)9-14(10-13(15)11-19)18-16(3,4)17(5,6)20-7/h9-11,18H,8H2,1-7H3. The zero-order chi connectivity index (χ0) is 15.6. The summed E-state index contributed by atoms with van der Waals surface area (Å²) in [6.45, 7) is 12.4. The molecule has 0 saturated heterocycles. The lowest BCUT2D eigenvalue weighted by molar-refractivity contribution is -0.0221. The molecule has 0 amide bonds. The number of anilines is 1. The average molecular weight is 277 g/mol. The van der Waals surface area contributed by atoms with Crippen molar-refractivity contribution in [3.05, 3.63) is 28.8 Å². The Balaban J connectivity index is 3.17. The van der Waals surface area contributed by atoms with Gasteiger partial charge in [-0.3, -0.25) is 4.79 Å². The van der Waals surface area contributed by atoms with Crippen LogP contribution in [0, 0.1) is 6.92 Å². The fourth-order valence-electron chi connectivity index (χ4n) is 2.27. The van der Waals surface area contributed by atoms with Gasteiger partial charge in [0.2, 0.25) is 0 Å². The molecule has 0 fully saturated rings. The molecule has 0 radical (unpaired) electrons. The molecule has 1 aromatic carbocycles. The van der Waals surface area contributed by atoms with Crippen LogP contribution >= 0.6 is 0 Å². The van der Waals surface area contributed by atoms with Crippen LogP contribution in [0.1, 0.15) is 56.1 Å². The van der Waals surface area contributed by atoms with E-state index in [9.17, 15) is 4.79 Å². The molecular formula is C17H27NO2. The highest BCUT2D eigenvalue weighted by molar-refractivity contribution is 5.80. The molecule has 1 N–H and O–H groups in total. The Morgan fingerprint density at radius 1 is 1.25 bits per heavy atom. The zero-order valence-electron chi connectivity index (χ0n) is 13.8. The lowest BCUT2D eigenvalue weighted by atomic mass is 9.85. The first kappa shape index (κ1) is 16.7. The Hall–Kier alpha value is -1.35. The number of methoxy groups -OCH3 is 1. The van der Waals surface area contributed by atoms with Crippen LogP contribution < -0.4 is 5.32 Å². The van der Waals surface area contributed by atoms with Crippen molar-refractivity contribution in [2.24, 2.45) is 0 Å². The topological polar surface area (TPSA) is 38.3 Å². The number of carbonyl (C=O) groups is 1. The molecule has 0 aliphatic carbocycles. The van der Waals surface area contributed by atoms with Crippen LogP contribution in [-0.2, 0) is 11.2 Å². The third-order valence-corrected chi connectivity index (χ3v) is 4.46. The summed E-state index contributed by atoms with van der Waals surface area (Å²) in [4.78, 5) is 11.3. The first-order chi connectivity index (χ1) is 9.18. The van der Waals surface area contributed by atoms with Crippen LogP contribution in [0.15, 0.2) is 12.1 Å². The van der Waals surface area contributed by atoms with Gasteiger partial charge in [0, 0.05) is 18.4 Å².